The average molecular weight is 263 g/mol. The van der Waals surface area contributed by atoms with Crippen LogP contribution in [0.15, 0.2) is 18.2 Å². The van der Waals surface area contributed by atoms with Crippen molar-refractivity contribution in [1.82, 2.24) is 10.2 Å². The van der Waals surface area contributed by atoms with Crippen LogP contribution in [0.2, 0.25) is 0 Å². The molecule has 1 aliphatic rings. The van der Waals surface area contributed by atoms with E-state index in [4.69, 9.17) is 10.00 Å². The number of hydrogen-bond donors (Lipinski definition) is 1. The minimum Gasteiger partial charge on any atom is -0.484 e. The maximum Gasteiger partial charge on any atom is 0.260 e. The molecule has 0 saturated carbocycles. The number of carbonyl (C=O) groups is 1. The minimum absolute atomic E-state index is 0.0409. The van der Waals surface area contributed by atoms with E-state index in [9.17, 15) is 9.18 Å². The van der Waals surface area contributed by atoms with E-state index in [-0.39, 0.29) is 23.8 Å². The molecule has 1 N–H and O–H groups in total. The van der Waals surface area contributed by atoms with E-state index >= 15 is 0 Å². The first-order valence-electron chi connectivity index (χ1n) is 6.01. The molecule has 1 heterocycles. The van der Waals surface area contributed by atoms with Crippen molar-refractivity contribution in [3.05, 3.63) is 29.6 Å². The highest BCUT2D eigenvalue weighted by atomic mass is 19.1. The summed E-state index contributed by atoms with van der Waals surface area (Å²) in [6, 6.07) is 5.65. The number of nitrogens with zero attached hydrogens (tertiary/aromatic N) is 2. The van der Waals surface area contributed by atoms with Crippen LogP contribution >= 0.6 is 0 Å². The maximum absolute atomic E-state index is 13.3. The van der Waals surface area contributed by atoms with Gasteiger partial charge in [-0.25, -0.2) is 4.39 Å². The zero-order chi connectivity index (χ0) is 13.7. The highest BCUT2D eigenvalue weighted by Gasteiger charge is 2.16. The third kappa shape index (κ3) is 3.42. The number of amides is 1. The van der Waals surface area contributed by atoms with Gasteiger partial charge >= 0.3 is 0 Å². The van der Waals surface area contributed by atoms with Crippen LogP contribution in [0.4, 0.5) is 4.39 Å². The van der Waals surface area contributed by atoms with E-state index in [0.29, 0.717) is 13.1 Å². The number of benzene rings is 1. The van der Waals surface area contributed by atoms with Gasteiger partial charge in [-0.3, -0.25) is 4.79 Å². The van der Waals surface area contributed by atoms with E-state index in [2.05, 4.69) is 5.32 Å². The summed E-state index contributed by atoms with van der Waals surface area (Å²) >= 11 is 0. The fraction of sp³-hybridized carbons (Fsp3) is 0.385. The van der Waals surface area contributed by atoms with Gasteiger partial charge in [0.15, 0.2) is 6.61 Å². The molecule has 0 radical (unpaired) electrons. The van der Waals surface area contributed by atoms with E-state index in [1.54, 1.807) is 11.0 Å². The second kappa shape index (κ2) is 6.16. The third-order valence-electron chi connectivity index (χ3n) is 2.89. The first-order valence-corrected chi connectivity index (χ1v) is 6.01. The van der Waals surface area contributed by atoms with E-state index in [0.717, 1.165) is 19.2 Å². The van der Waals surface area contributed by atoms with Gasteiger partial charge in [0.25, 0.3) is 5.91 Å². The lowest BCUT2D eigenvalue weighted by molar-refractivity contribution is -0.133. The highest BCUT2D eigenvalue weighted by Crippen LogP contribution is 2.16. The van der Waals surface area contributed by atoms with Gasteiger partial charge in [0.05, 0.1) is 5.56 Å². The lowest BCUT2D eigenvalue weighted by Crippen LogP contribution is -2.47. The topological polar surface area (TPSA) is 65.4 Å². The molecule has 2 rings (SSSR count). The van der Waals surface area contributed by atoms with Gasteiger partial charge in [0, 0.05) is 32.2 Å². The van der Waals surface area contributed by atoms with Crippen LogP contribution < -0.4 is 10.1 Å². The Labute approximate surface area is 110 Å². The fourth-order valence-corrected chi connectivity index (χ4v) is 1.83. The lowest BCUT2D eigenvalue weighted by atomic mass is 10.2. The number of carbonyl (C=O) groups excluding carboxylic acids is 1. The smallest absolute Gasteiger partial charge is 0.260 e. The Morgan fingerprint density at radius 2 is 2.21 bits per heavy atom. The number of nitrogens with one attached hydrogen (secondary N) is 1. The Kier molecular flexibility index (Phi) is 4.31. The van der Waals surface area contributed by atoms with Crippen LogP contribution in [0.1, 0.15) is 5.56 Å². The Bertz CT molecular complexity index is 507. The highest BCUT2D eigenvalue weighted by molar-refractivity contribution is 5.77. The summed E-state index contributed by atoms with van der Waals surface area (Å²) in [6.45, 7) is 2.74. The van der Waals surface area contributed by atoms with Gasteiger partial charge in [-0.2, -0.15) is 5.26 Å². The third-order valence-corrected chi connectivity index (χ3v) is 2.89. The Morgan fingerprint density at radius 3 is 2.84 bits per heavy atom. The number of piperazine rings is 1. The molecule has 6 heteroatoms. The summed E-state index contributed by atoms with van der Waals surface area (Å²) in [6.07, 6.45) is 0. The van der Waals surface area contributed by atoms with Gasteiger partial charge in [-0.05, 0) is 12.1 Å². The number of hydrogen-bond acceptors (Lipinski definition) is 4. The number of nitriles is 1. The van der Waals surface area contributed by atoms with Crippen LogP contribution in [0, 0.1) is 17.1 Å². The monoisotopic (exact) mass is 263 g/mol. The van der Waals surface area contributed by atoms with Gasteiger partial charge in [0.2, 0.25) is 0 Å². The van der Waals surface area contributed by atoms with Gasteiger partial charge in [0.1, 0.15) is 17.6 Å². The normalized spacial score (nSPS) is 14.8. The van der Waals surface area contributed by atoms with Crippen molar-refractivity contribution in [3.63, 3.8) is 0 Å². The Balaban J connectivity index is 1.89. The molecule has 0 spiro atoms. The van der Waals surface area contributed by atoms with Crippen molar-refractivity contribution in [1.29, 1.82) is 5.26 Å². The summed E-state index contributed by atoms with van der Waals surface area (Å²) in [5, 5.41) is 11.7. The minimum atomic E-state index is -0.644. The molecule has 0 bridgehead atoms. The van der Waals surface area contributed by atoms with Gasteiger partial charge in [-0.15, -0.1) is 0 Å². The van der Waals surface area contributed by atoms with Crippen LogP contribution in [0.5, 0.6) is 5.75 Å². The van der Waals surface area contributed by atoms with Crippen LogP contribution in [0.25, 0.3) is 0 Å². The molecule has 0 atom stereocenters. The van der Waals surface area contributed by atoms with Crippen molar-refractivity contribution in [3.8, 4) is 11.8 Å². The average Bonchev–Trinajstić information content (AvgIpc) is 2.46. The molecular formula is C13H14FN3O2. The first kappa shape index (κ1) is 13.3. The zero-order valence-electron chi connectivity index (χ0n) is 10.4. The predicted molar refractivity (Wildman–Crippen MR) is 66.1 cm³/mol. The summed E-state index contributed by atoms with van der Waals surface area (Å²) in [4.78, 5) is 13.5. The van der Waals surface area contributed by atoms with Crippen molar-refractivity contribution >= 4 is 5.91 Å². The molecule has 19 heavy (non-hydrogen) atoms. The largest absolute Gasteiger partial charge is 0.484 e. The van der Waals surface area contributed by atoms with E-state index in [1.807, 2.05) is 0 Å². The summed E-state index contributed by atoms with van der Waals surface area (Å²) in [7, 11) is 0. The molecule has 100 valence electrons. The van der Waals surface area contributed by atoms with Gasteiger partial charge < -0.3 is 15.0 Å². The molecule has 0 aliphatic carbocycles. The Hall–Kier alpha value is -2.13. The fourth-order valence-electron chi connectivity index (χ4n) is 1.83. The molecule has 5 nitrogen and oxygen atoms in total. The van der Waals surface area contributed by atoms with Gasteiger partial charge in [-0.1, -0.05) is 0 Å². The quantitative estimate of drug-likeness (QED) is 0.863. The zero-order valence-corrected chi connectivity index (χ0v) is 10.4. The SMILES string of the molecule is N#Cc1ccc(OCC(=O)N2CCNCC2)cc1F. The molecule has 0 aromatic heterocycles. The predicted octanol–water partition coefficient (Wildman–Crippen LogP) is 0.508. The lowest BCUT2D eigenvalue weighted by Gasteiger charge is -2.27. The summed E-state index contributed by atoms with van der Waals surface area (Å²) in [5.41, 5.74) is -0.0409. The second-order valence-corrected chi connectivity index (χ2v) is 4.17. The summed E-state index contributed by atoms with van der Waals surface area (Å²) in [5.74, 6) is -0.513. The van der Waals surface area contributed by atoms with E-state index in [1.165, 1.54) is 12.1 Å². The molecule has 0 unspecified atom stereocenters. The van der Waals surface area contributed by atoms with E-state index < -0.39 is 5.82 Å². The molecular weight excluding hydrogens is 249 g/mol. The van der Waals surface area contributed by atoms with Crippen LogP contribution in [-0.4, -0.2) is 43.6 Å². The molecule has 1 saturated heterocycles. The summed E-state index contributed by atoms with van der Waals surface area (Å²) < 4.78 is 18.6. The second-order valence-electron chi connectivity index (χ2n) is 4.17. The van der Waals surface area contributed by atoms with Crippen LogP contribution in [0.3, 0.4) is 0 Å². The van der Waals surface area contributed by atoms with Crippen molar-refractivity contribution in [2.24, 2.45) is 0 Å². The van der Waals surface area contributed by atoms with Crippen molar-refractivity contribution in [2.75, 3.05) is 32.8 Å². The van der Waals surface area contributed by atoms with Crippen molar-refractivity contribution in [2.45, 2.75) is 0 Å². The van der Waals surface area contributed by atoms with Crippen molar-refractivity contribution < 1.29 is 13.9 Å². The number of ether oxygens (including phenoxy) is 1. The van der Waals surface area contributed by atoms with Crippen LogP contribution in [-0.2, 0) is 4.79 Å². The number of rotatable bonds is 3. The molecule has 1 fully saturated rings. The molecule has 1 aromatic carbocycles. The number of halogens is 1. The molecule has 1 amide bonds. The standard InChI is InChI=1S/C13H14FN3O2/c14-12-7-11(2-1-10(12)8-15)19-9-13(18)17-5-3-16-4-6-17/h1-2,7,16H,3-6,9H2. The Morgan fingerprint density at radius 1 is 1.47 bits per heavy atom. The maximum atomic E-state index is 13.3. The molecule has 1 aromatic rings. The molecule has 1 aliphatic heterocycles. The first-order chi connectivity index (χ1) is 9.20.